The average Bonchev–Trinajstić information content (AvgIpc) is 2.51. The quantitative estimate of drug-likeness (QED) is 0.429. The van der Waals surface area contributed by atoms with Crippen LogP contribution in [0.5, 0.6) is 5.75 Å². The Labute approximate surface area is 124 Å². The summed E-state index contributed by atoms with van der Waals surface area (Å²) in [6, 6.07) is 8.34. The lowest BCUT2D eigenvalue weighted by Crippen LogP contribution is -2.43. The molecule has 0 heterocycles. The van der Waals surface area contributed by atoms with Crippen molar-refractivity contribution in [2.75, 3.05) is 13.2 Å². The minimum Gasteiger partial charge on any atom is -0.494 e. The number of nitro benzene ring substituents is 1. The number of hydrogen-bond acceptors (Lipinski definition) is 5. The Kier molecular flexibility index (Phi) is 6.63. The molecule has 21 heavy (non-hydrogen) atoms. The van der Waals surface area contributed by atoms with Crippen molar-refractivity contribution in [2.45, 2.75) is 38.6 Å². The van der Waals surface area contributed by atoms with Gasteiger partial charge in [-0.2, -0.15) is 5.26 Å². The van der Waals surface area contributed by atoms with Gasteiger partial charge in [-0.25, -0.2) is 0 Å². The molecule has 114 valence electrons. The molecule has 6 heteroatoms. The van der Waals surface area contributed by atoms with E-state index in [1.165, 1.54) is 12.1 Å². The number of benzene rings is 1. The molecule has 0 aliphatic rings. The number of non-ortho nitro benzene ring substituents is 1. The summed E-state index contributed by atoms with van der Waals surface area (Å²) in [5.41, 5.74) is -0.447. The second-order valence-electron chi connectivity index (χ2n) is 4.78. The van der Waals surface area contributed by atoms with E-state index in [1.807, 2.05) is 13.8 Å². The Morgan fingerprint density at radius 2 is 2.05 bits per heavy atom. The van der Waals surface area contributed by atoms with Gasteiger partial charge in [-0.15, -0.1) is 0 Å². The van der Waals surface area contributed by atoms with Crippen molar-refractivity contribution in [1.29, 1.82) is 5.26 Å². The molecule has 0 aliphatic heterocycles. The average molecular weight is 291 g/mol. The predicted molar refractivity (Wildman–Crippen MR) is 80.1 cm³/mol. The van der Waals surface area contributed by atoms with Crippen LogP contribution in [0.15, 0.2) is 24.3 Å². The minimum absolute atomic E-state index is 0.0453. The van der Waals surface area contributed by atoms with E-state index < -0.39 is 10.5 Å². The molecule has 0 radical (unpaired) electrons. The minimum atomic E-state index is -0.492. The maximum Gasteiger partial charge on any atom is 0.269 e. The second kappa shape index (κ2) is 8.22. The predicted octanol–water partition coefficient (Wildman–Crippen LogP) is 3.04. The van der Waals surface area contributed by atoms with Gasteiger partial charge in [0.2, 0.25) is 0 Å². The van der Waals surface area contributed by atoms with Gasteiger partial charge in [-0.3, -0.25) is 15.4 Å². The molecule has 0 aliphatic carbocycles. The summed E-state index contributed by atoms with van der Waals surface area (Å²) in [5, 5.41) is 23.0. The van der Waals surface area contributed by atoms with Crippen LogP contribution in [0.1, 0.15) is 33.1 Å². The van der Waals surface area contributed by atoms with Crippen LogP contribution < -0.4 is 10.1 Å². The standard InChI is InChI=1S/C15H21N3O3/c1-3-15(12-16,17-4-2)10-5-11-21-14-8-6-13(7-9-14)18(19)20/h6-9,17H,3-5,10-11H2,1-2H3. The first-order valence-electron chi connectivity index (χ1n) is 7.10. The summed E-state index contributed by atoms with van der Waals surface area (Å²) in [6.45, 7) is 5.20. The first-order chi connectivity index (χ1) is 10.1. The van der Waals surface area contributed by atoms with E-state index in [1.54, 1.807) is 12.1 Å². The molecule has 1 aromatic rings. The van der Waals surface area contributed by atoms with E-state index in [0.717, 1.165) is 19.4 Å². The summed E-state index contributed by atoms with van der Waals surface area (Å²) in [6.07, 6.45) is 2.20. The number of nitro groups is 1. The van der Waals surface area contributed by atoms with Gasteiger partial charge in [0, 0.05) is 12.1 Å². The summed E-state index contributed by atoms with van der Waals surface area (Å²) in [4.78, 5) is 10.1. The molecule has 1 N–H and O–H groups in total. The van der Waals surface area contributed by atoms with E-state index in [4.69, 9.17) is 4.74 Å². The molecule has 1 unspecified atom stereocenters. The molecule has 0 saturated carbocycles. The van der Waals surface area contributed by atoms with Crippen molar-refractivity contribution in [3.05, 3.63) is 34.4 Å². The Morgan fingerprint density at radius 1 is 1.38 bits per heavy atom. The molecule has 0 spiro atoms. The first kappa shape index (κ1) is 16.9. The van der Waals surface area contributed by atoms with Gasteiger partial charge in [0.1, 0.15) is 11.3 Å². The molecule has 0 amide bonds. The number of nitriles is 1. The lowest BCUT2D eigenvalue weighted by Gasteiger charge is -2.25. The van der Waals surface area contributed by atoms with E-state index >= 15 is 0 Å². The van der Waals surface area contributed by atoms with E-state index in [-0.39, 0.29) is 5.69 Å². The zero-order valence-corrected chi connectivity index (χ0v) is 12.5. The molecule has 1 rings (SSSR count). The number of nitrogens with one attached hydrogen (secondary N) is 1. The summed E-state index contributed by atoms with van der Waals surface area (Å²) in [7, 11) is 0. The highest BCUT2D eigenvalue weighted by Crippen LogP contribution is 2.19. The van der Waals surface area contributed by atoms with Crippen molar-refractivity contribution < 1.29 is 9.66 Å². The second-order valence-corrected chi connectivity index (χ2v) is 4.78. The SMILES string of the molecule is CCNC(C#N)(CC)CCCOc1ccc([N+](=O)[O-])cc1. The molecule has 6 nitrogen and oxygen atoms in total. The highest BCUT2D eigenvalue weighted by molar-refractivity contribution is 5.35. The van der Waals surface area contributed by atoms with Gasteiger partial charge in [0.15, 0.2) is 0 Å². The first-order valence-corrected chi connectivity index (χ1v) is 7.10. The molecule has 1 aromatic carbocycles. The lowest BCUT2D eigenvalue weighted by molar-refractivity contribution is -0.384. The Bertz CT molecular complexity index is 496. The zero-order chi connectivity index (χ0) is 15.7. The fourth-order valence-corrected chi connectivity index (χ4v) is 2.13. The molecule has 0 fully saturated rings. The van der Waals surface area contributed by atoms with Crippen LogP contribution in [0.2, 0.25) is 0 Å². The van der Waals surface area contributed by atoms with Gasteiger partial charge in [0.25, 0.3) is 5.69 Å². The van der Waals surface area contributed by atoms with Crippen molar-refractivity contribution in [2.24, 2.45) is 0 Å². The van der Waals surface area contributed by atoms with E-state index in [9.17, 15) is 15.4 Å². The van der Waals surface area contributed by atoms with E-state index in [2.05, 4.69) is 11.4 Å². The molecular formula is C15H21N3O3. The summed E-state index contributed by atoms with van der Waals surface area (Å²) in [5.74, 6) is 0.600. The number of hydrogen-bond donors (Lipinski definition) is 1. The van der Waals surface area contributed by atoms with Crippen LogP contribution in [0, 0.1) is 21.4 Å². The van der Waals surface area contributed by atoms with Crippen molar-refractivity contribution in [3.8, 4) is 11.8 Å². The van der Waals surface area contributed by atoms with Gasteiger partial charge in [-0.1, -0.05) is 13.8 Å². The summed E-state index contributed by atoms with van der Waals surface area (Å²) >= 11 is 0. The van der Waals surface area contributed by atoms with Crippen molar-refractivity contribution in [1.82, 2.24) is 5.32 Å². The fourth-order valence-electron chi connectivity index (χ4n) is 2.13. The molecule has 1 atom stereocenters. The third-order valence-corrected chi connectivity index (χ3v) is 3.40. The van der Waals surface area contributed by atoms with E-state index in [0.29, 0.717) is 18.8 Å². The van der Waals surface area contributed by atoms with Gasteiger partial charge in [-0.05, 0) is 37.9 Å². The Hall–Kier alpha value is -2.13. The third-order valence-electron chi connectivity index (χ3n) is 3.40. The topological polar surface area (TPSA) is 88.2 Å². The Morgan fingerprint density at radius 3 is 2.52 bits per heavy atom. The molecular weight excluding hydrogens is 270 g/mol. The van der Waals surface area contributed by atoms with Gasteiger partial charge < -0.3 is 4.74 Å². The number of ether oxygens (including phenoxy) is 1. The lowest BCUT2D eigenvalue weighted by atomic mass is 9.92. The molecule has 0 bridgehead atoms. The van der Waals surface area contributed by atoms with Crippen LogP contribution >= 0.6 is 0 Å². The largest absolute Gasteiger partial charge is 0.494 e. The van der Waals surface area contributed by atoms with Crippen molar-refractivity contribution >= 4 is 5.69 Å². The van der Waals surface area contributed by atoms with Crippen LogP contribution in [0.25, 0.3) is 0 Å². The smallest absolute Gasteiger partial charge is 0.269 e. The van der Waals surface area contributed by atoms with Gasteiger partial charge in [0.05, 0.1) is 17.6 Å². The molecule has 0 aromatic heterocycles. The maximum atomic E-state index is 10.5. The van der Waals surface area contributed by atoms with Crippen LogP contribution in [-0.2, 0) is 0 Å². The Balaban J connectivity index is 2.43. The highest BCUT2D eigenvalue weighted by Gasteiger charge is 2.25. The maximum absolute atomic E-state index is 10.5. The normalized spacial score (nSPS) is 13.2. The fraction of sp³-hybridized carbons (Fsp3) is 0.533. The van der Waals surface area contributed by atoms with Crippen LogP contribution in [0.4, 0.5) is 5.69 Å². The zero-order valence-electron chi connectivity index (χ0n) is 12.5. The third kappa shape index (κ3) is 5.04. The van der Waals surface area contributed by atoms with Gasteiger partial charge >= 0.3 is 0 Å². The number of nitrogens with zero attached hydrogens (tertiary/aromatic N) is 2. The van der Waals surface area contributed by atoms with Crippen LogP contribution in [-0.4, -0.2) is 23.6 Å². The van der Waals surface area contributed by atoms with Crippen molar-refractivity contribution in [3.63, 3.8) is 0 Å². The summed E-state index contributed by atoms with van der Waals surface area (Å²) < 4.78 is 5.54. The molecule has 0 saturated heterocycles. The number of rotatable bonds is 9. The van der Waals surface area contributed by atoms with Crippen LogP contribution in [0.3, 0.4) is 0 Å². The monoisotopic (exact) mass is 291 g/mol. The highest BCUT2D eigenvalue weighted by atomic mass is 16.6.